The van der Waals surface area contributed by atoms with E-state index in [1.54, 1.807) is 6.21 Å². The van der Waals surface area contributed by atoms with Crippen molar-refractivity contribution in [3.63, 3.8) is 0 Å². The molecule has 1 saturated heterocycles. The van der Waals surface area contributed by atoms with Crippen LogP contribution < -0.4 is 10.3 Å². The van der Waals surface area contributed by atoms with E-state index in [4.69, 9.17) is 14.8 Å². The topological polar surface area (TPSA) is 67.0 Å². The fourth-order valence-corrected chi connectivity index (χ4v) is 3.50. The van der Waals surface area contributed by atoms with Crippen molar-refractivity contribution in [3.05, 3.63) is 42.5 Å². The van der Waals surface area contributed by atoms with Crippen LogP contribution in [0.1, 0.15) is 32.6 Å². The minimum Gasteiger partial charge on any atom is -0.378 e. The molecule has 0 unspecified atom stereocenters. The van der Waals surface area contributed by atoms with Crippen LogP contribution >= 0.6 is 0 Å². The second-order valence-corrected chi connectivity index (χ2v) is 7.41. The highest BCUT2D eigenvalue weighted by Crippen LogP contribution is 2.25. The Kier molecular flexibility index (Phi) is 7.14. The van der Waals surface area contributed by atoms with E-state index >= 15 is 0 Å². The monoisotopic (exact) mass is 416 g/mol. The zero-order valence-electron chi connectivity index (χ0n) is 17.9. The van der Waals surface area contributed by atoms with Crippen LogP contribution in [0, 0.1) is 11.8 Å². The minimum atomic E-state index is 0.664. The van der Waals surface area contributed by atoms with Crippen molar-refractivity contribution >= 4 is 23.5 Å². The van der Waals surface area contributed by atoms with Crippen LogP contribution in [0.15, 0.2) is 47.6 Å². The van der Waals surface area contributed by atoms with Gasteiger partial charge in [-0.1, -0.05) is 61.9 Å². The standard InChI is InChI=1S/C24H28N6O/c1-2-3-4-5-6-10-13-25-27-22-19-24(29-14-16-31-17-15-29)30-23(26-22)18-21(28-30)20-11-8-7-9-12-20/h7-9,11-13,18-19H,2-5,14-17H2,1H3,(H,26,27)/b25-13-. The van der Waals surface area contributed by atoms with Gasteiger partial charge in [0.05, 0.1) is 25.1 Å². The number of ether oxygens (including phenoxy) is 1. The average Bonchev–Trinajstić information content (AvgIpc) is 3.26. The van der Waals surface area contributed by atoms with Crippen LogP contribution in [0.5, 0.6) is 0 Å². The molecule has 0 saturated carbocycles. The highest BCUT2D eigenvalue weighted by atomic mass is 16.5. The molecule has 3 heterocycles. The third-order valence-corrected chi connectivity index (χ3v) is 5.13. The molecule has 31 heavy (non-hydrogen) atoms. The van der Waals surface area contributed by atoms with Gasteiger partial charge in [-0.05, 0) is 6.42 Å². The Labute approximate surface area is 183 Å². The second-order valence-electron chi connectivity index (χ2n) is 7.41. The van der Waals surface area contributed by atoms with Crippen molar-refractivity contribution in [2.75, 3.05) is 36.6 Å². The maximum Gasteiger partial charge on any atom is 0.160 e. The maximum atomic E-state index is 5.52. The van der Waals surface area contributed by atoms with Crippen molar-refractivity contribution < 1.29 is 4.74 Å². The number of nitrogens with zero attached hydrogens (tertiary/aromatic N) is 5. The van der Waals surface area contributed by atoms with E-state index in [-0.39, 0.29) is 0 Å². The van der Waals surface area contributed by atoms with Gasteiger partial charge in [-0.3, -0.25) is 5.43 Å². The molecule has 1 fully saturated rings. The van der Waals surface area contributed by atoms with E-state index in [1.807, 2.05) is 34.8 Å². The zero-order valence-corrected chi connectivity index (χ0v) is 17.9. The minimum absolute atomic E-state index is 0.664. The fraction of sp³-hybridized carbons (Fsp3) is 0.375. The SMILES string of the molecule is CCCCCC#C/C=N\Nc1cc(N2CCOCC2)n2nc(-c3ccccc3)cc2n1. The molecule has 2 aromatic heterocycles. The number of hydrazone groups is 1. The van der Waals surface area contributed by atoms with E-state index in [9.17, 15) is 0 Å². The van der Waals surface area contributed by atoms with Crippen LogP contribution in [-0.2, 0) is 4.74 Å². The average molecular weight is 417 g/mol. The summed E-state index contributed by atoms with van der Waals surface area (Å²) in [5.41, 5.74) is 5.75. The molecular formula is C24H28N6O. The third kappa shape index (κ3) is 5.41. The van der Waals surface area contributed by atoms with E-state index in [0.717, 1.165) is 48.7 Å². The number of unbranched alkanes of at least 4 members (excludes halogenated alkanes) is 3. The summed E-state index contributed by atoms with van der Waals surface area (Å²) in [5, 5.41) is 9.06. The number of benzene rings is 1. The van der Waals surface area contributed by atoms with Crippen molar-refractivity contribution in [3.8, 4) is 23.1 Å². The number of anilines is 2. The molecule has 7 nitrogen and oxygen atoms in total. The summed E-state index contributed by atoms with van der Waals surface area (Å²) in [6, 6.07) is 14.1. The third-order valence-electron chi connectivity index (χ3n) is 5.13. The quantitative estimate of drug-likeness (QED) is 0.270. The number of rotatable bonds is 7. The molecule has 0 bridgehead atoms. The van der Waals surface area contributed by atoms with Gasteiger partial charge >= 0.3 is 0 Å². The lowest BCUT2D eigenvalue weighted by Crippen LogP contribution is -2.37. The lowest BCUT2D eigenvalue weighted by molar-refractivity contribution is 0.122. The Balaban J connectivity index is 1.58. The zero-order chi connectivity index (χ0) is 21.3. The van der Waals surface area contributed by atoms with Gasteiger partial charge in [0.2, 0.25) is 0 Å². The lowest BCUT2D eigenvalue weighted by Gasteiger charge is -2.29. The normalized spacial score (nSPS) is 14.0. The predicted molar refractivity (Wildman–Crippen MR) is 125 cm³/mol. The fourth-order valence-electron chi connectivity index (χ4n) is 3.50. The molecule has 0 aliphatic carbocycles. The van der Waals surface area contributed by atoms with E-state index in [0.29, 0.717) is 19.0 Å². The molecule has 7 heteroatoms. The number of aromatic nitrogens is 3. The first-order valence-electron chi connectivity index (χ1n) is 10.9. The molecule has 0 spiro atoms. The Bertz CT molecular complexity index is 1070. The highest BCUT2D eigenvalue weighted by Gasteiger charge is 2.18. The Morgan fingerprint density at radius 3 is 2.81 bits per heavy atom. The van der Waals surface area contributed by atoms with E-state index in [1.165, 1.54) is 12.8 Å². The van der Waals surface area contributed by atoms with Crippen molar-refractivity contribution in [2.24, 2.45) is 5.10 Å². The van der Waals surface area contributed by atoms with Gasteiger partial charge in [-0.25, -0.2) is 4.98 Å². The summed E-state index contributed by atoms with van der Waals surface area (Å²) in [4.78, 5) is 6.97. The number of morpholine rings is 1. The molecule has 0 amide bonds. The molecule has 4 rings (SSSR count). The van der Waals surface area contributed by atoms with Gasteiger partial charge in [0.1, 0.15) is 5.82 Å². The van der Waals surface area contributed by atoms with E-state index < -0.39 is 0 Å². The van der Waals surface area contributed by atoms with Crippen molar-refractivity contribution in [1.29, 1.82) is 0 Å². The molecule has 1 aromatic carbocycles. The van der Waals surface area contributed by atoms with Crippen LogP contribution in [0.25, 0.3) is 16.9 Å². The summed E-state index contributed by atoms with van der Waals surface area (Å²) < 4.78 is 7.42. The van der Waals surface area contributed by atoms with Crippen LogP contribution in [0.4, 0.5) is 11.6 Å². The first kappa shape index (κ1) is 20.9. The summed E-state index contributed by atoms with van der Waals surface area (Å²) in [7, 11) is 0. The summed E-state index contributed by atoms with van der Waals surface area (Å²) in [6.07, 6.45) is 6.06. The van der Waals surface area contributed by atoms with Gasteiger partial charge in [0.15, 0.2) is 11.5 Å². The van der Waals surface area contributed by atoms with Crippen LogP contribution in [0.2, 0.25) is 0 Å². The number of fused-ring (bicyclic) bond motifs is 1. The second kappa shape index (κ2) is 10.6. The largest absolute Gasteiger partial charge is 0.378 e. The number of hydrogen-bond acceptors (Lipinski definition) is 6. The Morgan fingerprint density at radius 1 is 1.16 bits per heavy atom. The highest BCUT2D eigenvalue weighted by molar-refractivity contribution is 5.79. The first-order valence-corrected chi connectivity index (χ1v) is 10.9. The molecule has 0 radical (unpaired) electrons. The van der Waals surface area contributed by atoms with Gasteiger partial charge in [-0.15, -0.1) is 0 Å². The summed E-state index contributed by atoms with van der Waals surface area (Å²) >= 11 is 0. The maximum absolute atomic E-state index is 5.52. The van der Waals surface area contributed by atoms with Gasteiger partial charge < -0.3 is 9.64 Å². The lowest BCUT2D eigenvalue weighted by atomic mass is 10.2. The Morgan fingerprint density at radius 2 is 2.00 bits per heavy atom. The molecule has 1 aliphatic rings. The van der Waals surface area contributed by atoms with Crippen LogP contribution in [-0.4, -0.2) is 47.1 Å². The number of nitrogens with one attached hydrogen (secondary N) is 1. The molecule has 1 aliphatic heterocycles. The predicted octanol–water partition coefficient (Wildman–Crippen LogP) is 4.21. The van der Waals surface area contributed by atoms with Crippen LogP contribution in [0.3, 0.4) is 0 Å². The molecule has 160 valence electrons. The van der Waals surface area contributed by atoms with Crippen molar-refractivity contribution in [1.82, 2.24) is 14.6 Å². The van der Waals surface area contributed by atoms with Gasteiger partial charge in [-0.2, -0.15) is 14.7 Å². The van der Waals surface area contributed by atoms with Crippen molar-refractivity contribution in [2.45, 2.75) is 32.6 Å². The molecular weight excluding hydrogens is 388 g/mol. The summed E-state index contributed by atoms with van der Waals surface area (Å²) in [5.74, 6) is 7.74. The molecule has 0 atom stereocenters. The Hall–Kier alpha value is -3.37. The van der Waals surface area contributed by atoms with Gasteiger partial charge in [0.25, 0.3) is 0 Å². The van der Waals surface area contributed by atoms with E-state index in [2.05, 4.69) is 46.3 Å². The molecule has 3 aromatic rings. The first-order chi connectivity index (χ1) is 15.3. The summed E-state index contributed by atoms with van der Waals surface area (Å²) in [6.45, 7) is 5.21. The van der Waals surface area contributed by atoms with Gasteiger partial charge in [0, 0.05) is 37.2 Å². The smallest absolute Gasteiger partial charge is 0.160 e. The number of hydrogen-bond donors (Lipinski definition) is 1. The molecule has 1 N–H and O–H groups in total.